The highest BCUT2D eigenvalue weighted by molar-refractivity contribution is 5.97. The summed E-state index contributed by atoms with van der Waals surface area (Å²) in [5.41, 5.74) is 1.28. The van der Waals surface area contributed by atoms with Gasteiger partial charge in [0, 0.05) is 24.7 Å². The molecule has 0 bridgehead atoms. The minimum atomic E-state index is -4.45. The zero-order valence-corrected chi connectivity index (χ0v) is 17.5. The summed E-state index contributed by atoms with van der Waals surface area (Å²) in [7, 11) is 0. The SMILES string of the molecule is CCN1N=CCC1c1nc2cc(C(=O)NO)ccc2c(=O)n1Cc1ccc(C(F)(F)F)cc1. The summed E-state index contributed by atoms with van der Waals surface area (Å²) >= 11 is 0. The Morgan fingerprint density at radius 2 is 1.94 bits per heavy atom. The number of hydrogen-bond acceptors (Lipinski definition) is 6. The maximum atomic E-state index is 13.4. The standard InChI is InChI=1S/C22H20F3N5O3/c1-2-30-18(9-10-26-30)19-27-17-11-14(20(31)28-33)5-8-16(17)21(32)29(19)12-13-3-6-15(7-4-13)22(23,24)25/h3-8,10-11,18,33H,2,9,12H2,1H3,(H,28,31). The average Bonchev–Trinajstić information content (AvgIpc) is 3.28. The number of aromatic nitrogens is 2. The number of nitrogens with one attached hydrogen (secondary N) is 1. The number of nitrogens with zero attached hydrogens (tertiary/aromatic N) is 4. The zero-order chi connectivity index (χ0) is 23.8. The molecule has 1 amide bonds. The van der Waals surface area contributed by atoms with E-state index >= 15 is 0 Å². The van der Waals surface area contributed by atoms with Crippen molar-refractivity contribution in [3.63, 3.8) is 0 Å². The highest BCUT2D eigenvalue weighted by Crippen LogP contribution is 2.30. The number of hydrogen-bond donors (Lipinski definition) is 2. The van der Waals surface area contributed by atoms with Gasteiger partial charge < -0.3 is 0 Å². The van der Waals surface area contributed by atoms with E-state index in [0.717, 1.165) is 12.1 Å². The maximum absolute atomic E-state index is 13.4. The van der Waals surface area contributed by atoms with E-state index in [4.69, 9.17) is 5.21 Å². The molecule has 1 aliphatic heterocycles. The molecule has 0 aliphatic carbocycles. The number of alkyl halides is 3. The zero-order valence-electron chi connectivity index (χ0n) is 17.5. The first-order valence-electron chi connectivity index (χ1n) is 10.2. The maximum Gasteiger partial charge on any atom is 0.416 e. The Hall–Kier alpha value is -3.73. The van der Waals surface area contributed by atoms with Crippen LogP contribution in [0.25, 0.3) is 10.9 Å². The van der Waals surface area contributed by atoms with Crippen molar-refractivity contribution in [1.82, 2.24) is 20.0 Å². The third-order valence-corrected chi connectivity index (χ3v) is 5.51. The van der Waals surface area contributed by atoms with E-state index in [2.05, 4.69) is 10.1 Å². The van der Waals surface area contributed by atoms with Crippen molar-refractivity contribution >= 4 is 23.0 Å². The Morgan fingerprint density at radius 3 is 2.58 bits per heavy atom. The third kappa shape index (κ3) is 4.31. The molecule has 1 unspecified atom stereocenters. The van der Waals surface area contributed by atoms with Gasteiger partial charge in [0.15, 0.2) is 0 Å². The lowest BCUT2D eigenvalue weighted by Gasteiger charge is -2.25. The van der Waals surface area contributed by atoms with Gasteiger partial charge in [0.25, 0.3) is 11.5 Å². The second-order valence-corrected chi connectivity index (χ2v) is 7.53. The molecule has 8 nitrogen and oxygen atoms in total. The van der Waals surface area contributed by atoms with Gasteiger partial charge in [-0.05, 0) is 42.8 Å². The monoisotopic (exact) mass is 459 g/mol. The van der Waals surface area contributed by atoms with Crippen LogP contribution in [0.15, 0.2) is 52.4 Å². The molecule has 0 spiro atoms. The van der Waals surface area contributed by atoms with E-state index in [1.165, 1.54) is 34.9 Å². The Bertz CT molecular complexity index is 1290. The van der Waals surface area contributed by atoms with Crippen LogP contribution in [-0.2, 0) is 12.7 Å². The van der Waals surface area contributed by atoms with Crippen molar-refractivity contribution in [3.05, 3.63) is 75.3 Å². The van der Waals surface area contributed by atoms with Gasteiger partial charge in [-0.25, -0.2) is 10.5 Å². The number of benzene rings is 2. The molecular formula is C22H20F3N5O3. The number of rotatable bonds is 5. The Labute approximate surface area is 185 Å². The summed E-state index contributed by atoms with van der Waals surface area (Å²) in [6.45, 7) is 2.48. The molecule has 11 heteroatoms. The predicted octanol–water partition coefficient (Wildman–Crippen LogP) is 3.34. The molecule has 1 aliphatic rings. The summed E-state index contributed by atoms with van der Waals surface area (Å²) in [6.07, 6.45) is -2.25. The lowest BCUT2D eigenvalue weighted by atomic mass is 10.1. The van der Waals surface area contributed by atoms with Gasteiger partial charge in [0.05, 0.1) is 23.0 Å². The van der Waals surface area contributed by atoms with Crippen LogP contribution in [0.3, 0.4) is 0 Å². The number of hydroxylamine groups is 1. The molecular weight excluding hydrogens is 439 g/mol. The predicted molar refractivity (Wildman–Crippen MR) is 114 cm³/mol. The average molecular weight is 459 g/mol. The number of carbonyl (C=O) groups is 1. The molecule has 3 aromatic rings. The van der Waals surface area contributed by atoms with E-state index in [1.807, 2.05) is 6.92 Å². The number of carbonyl (C=O) groups excluding carboxylic acids is 1. The van der Waals surface area contributed by atoms with E-state index < -0.39 is 23.2 Å². The van der Waals surface area contributed by atoms with Crippen molar-refractivity contribution in [2.75, 3.05) is 6.54 Å². The fraction of sp³-hybridized carbons (Fsp3) is 0.273. The van der Waals surface area contributed by atoms with Gasteiger partial charge in [-0.3, -0.25) is 24.4 Å². The van der Waals surface area contributed by atoms with Crippen LogP contribution in [0.1, 0.15) is 46.7 Å². The number of halogens is 3. The summed E-state index contributed by atoms with van der Waals surface area (Å²) in [5, 5.41) is 15.2. The molecule has 0 fully saturated rings. The summed E-state index contributed by atoms with van der Waals surface area (Å²) in [4.78, 5) is 29.9. The smallest absolute Gasteiger partial charge is 0.290 e. The van der Waals surface area contributed by atoms with E-state index in [-0.39, 0.29) is 29.1 Å². The molecule has 2 heterocycles. The molecule has 1 atom stereocenters. The summed E-state index contributed by atoms with van der Waals surface area (Å²) in [6, 6.07) is 8.50. The second kappa shape index (κ2) is 8.66. The van der Waals surface area contributed by atoms with E-state index in [9.17, 15) is 22.8 Å². The van der Waals surface area contributed by atoms with E-state index in [1.54, 1.807) is 16.7 Å². The van der Waals surface area contributed by atoms with Gasteiger partial charge in [-0.2, -0.15) is 18.3 Å². The van der Waals surface area contributed by atoms with Crippen LogP contribution in [0.2, 0.25) is 0 Å². The molecule has 33 heavy (non-hydrogen) atoms. The van der Waals surface area contributed by atoms with Crippen LogP contribution in [0.4, 0.5) is 13.2 Å². The van der Waals surface area contributed by atoms with Crippen LogP contribution < -0.4 is 11.0 Å². The number of fused-ring (bicyclic) bond motifs is 1. The minimum Gasteiger partial charge on any atom is -0.290 e. The van der Waals surface area contributed by atoms with Crippen LogP contribution in [0, 0.1) is 0 Å². The minimum absolute atomic E-state index is 0.0160. The lowest BCUT2D eigenvalue weighted by Crippen LogP contribution is -2.32. The van der Waals surface area contributed by atoms with Crippen molar-refractivity contribution < 1.29 is 23.2 Å². The van der Waals surface area contributed by atoms with Crippen LogP contribution in [-0.4, -0.2) is 38.4 Å². The van der Waals surface area contributed by atoms with Crippen LogP contribution in [0.5, 0.6) is 0 Å². The molecule has 4 rings (SSSR count). The third-order valence-electron chi connectivity index (χ3n) is 5.51. The van der Waals surface area contributed by atoms with Gasteiger partial charge in [0.2, 0.25) is 0 Å². The highest BCUT2D eigenvalue weighted by atomic mass is 19.4. The first-order valence-corrected chi connectivity index (χ1v) is 10.2. The van der Waals surface area contributed by atoms with Crippen molar-refractivity contribution in [3.8, 4) is 0 Å². The topological polar surface area (TPSA) is 99.8 Å². The van der Waals surface area contributed by atoms with Crippen molar-refractivity contribution in [2.45, 2.75) is 32.1 Å². The molecule has 0 saturated carbocycles. The van der Waals surface area contributed by atoms with Gasteiger partial charge >= 0.3 is 6.18 Å². The fourth-order valence-electron chi connectivity index (χ4n) is 3.83. The Morgan fingerprint density at radius 1 is 1.21 bits per heavy atom. The first-order chi connectivity index (χ1) is 15.7. The lowest BCUT2D eigenvalue weighted by molar-refractivity contribution is -0.137. The number of amides is 1. The molecule has 2 N–H and O–H groups in total. The molecule has 172 valence electrons. The van der Waals surface area contributed by atoms with Crippen LogP contribution >= 0.6 is 0 Å². The van der Waals surface area contributed by atoms with Gasteiger partial charge in [-0.15, -0.1) is 0 Å². The number of hydrazone groups is 1. The molecule has 0 radical (unpaired) electrons. The molecule has 0 saturated heterocycles. The fourth-order valence-corrected chi connectivity index (χ4v) is 3.83. The van der Waals surface area contributed by atoms with Crippen molar-refractivity contribution in [2.24, 2.45) is 5.10 Å². The Kier molecular flexibility index (Phi) is 5.90. The van der Waals surface area contributed by atoms with Crippen molar-refractivity contribution in [1.29, 1.82) is 0 Å². The first kappa shape index (κ1) is 22.5. The van der Waals surface area contributed by atoms with E-state index in [0.29, 0.717) is 24.4 Å². The van der Waals surface area contributed by atoms with Gasteiger partial charge in [0.1, 0.15) is 11.9 Å². The van der Waals surface area contributed by atoms with Gasteiger partial charge in [-0.1, -0.05) is 12.1 Å². The normalized spacial score (nSPS) is 15.9. The quantitative estimate of drug-likeness (QED) is 0.450. The summed E-state index contributed by atoms with van der Waals surface area (Å²) in [5.74, 6) is -0.359. The Balaban J connectivity index is 1.84. The second-order valence-electron chi connectivity index (χ2n) is 7.53. The molecule has 2 aromatic carbocycles. The summed E-state index contributed by atoms with van der Waals surface area (Å²) < 4.78 is 40.2. The molecule has 1 aromatic heterocycles. The largest absolute Gasteiger partial charge is 0.416 e. The highest BCUT2D eigenvalue weighted by Gasteiger charge is 2.30.